The normalized spacial score (nSPS) is 10.8. The van der Waals surface area contributed by atoms with Gasteiger partial charge in [0.1, 0.15) is 12.4 Å². The summed E-state index contributed by atoms with van der Waals surface area (Å²) in [6.07, 6.45) is 4.03. The molecule has 4 rings (SSSR count). The summed E-state index contributed by atoms with van der Waals surface area (Å²) < 4.78 is 1.17. The van der Waals surface area contributed by atoms with Gasteiger partial charge in [0.15, 0.2) is 5.65 Å². The molecule has 0 aliphatic carbocycles. The average Bonchev–Trinajstić information content (AvgIpc) is 2.76. The fourth-order valence-electron chi connectivity index (χ4n) is 3.25. The van der Waals surface area contributed by atoms with Gasteiger partial charge in [0.25, 0.3) is 5.56 Å². The molecule has 2 aromatic heterocycles. The Morgan fingerprint density at radius 3 is 2.41 bits per heavy atom. The molecule has 144 valence electrons. The summed E-state index contributed by atoms with van der Waals surface area (Å²) in [5.74, 6) is -0.103. The van der Waals surface area contributed by atoms with Crippen LogP contribution in [0.2, 0.25) is 0 Å². The molecule has 1 N–H and O–H groups in total. The predicted octanol–water partition coefficient (Wildman–Crippen LogP) is 4.13. The van der Waals surface area contributed by atoms with Crippen LogP contribution in [0.3, 0.4) is 0 Å². The summed E-state index contributed by atoms with van der Waals surface area (Å²) in [6.45, 7) is 3.95. The fourth-order valence-corrected chi connectivity index (χ4v) is 3.25. The number of pyridine rings is 2. The standard InChI is InChI=1S/C24H20N2O3/c1-2-9-18-14-20-22(27)21(19-12-7-4-8-13-19)24(28)26(23(20)25-15-18)29-16-17-10-5-3-6-11-17/h2-8,10-15,27H,1,9,16H2. The molecule has 0 unspecified atom stereocenters. The second-order valence-corrected chi connectivity index (χ2v) is 6.66. The first-order chi connectivity index (χ1) is 14.2. The van der Waals surface area contributed by atoms with Gasteiger partial charge in [-0.25, -0.2) is 4.98 Å². The number of benzene rings is 2. The Morgan fingerprint density at radius 2 is 1.72 bits per heavy atom. The lowest BCUT2D eigenvalue weighted by Crippen LogP contribution is -2.29. The highest BCUT2D eigenvalue weighted by Gasteiger charge is 2.20. The van der Waals surface area contributed by atoms with E-state index in [9.17, 15) is 9.90 Å². The van der Waals surface area contributed by atoms with Gasteiger partial charge in [-0.3, -0.25) is 4.79 Å². The summed E-state index contributed by atoms with van der Waals surface area (Å²) in [5.41, 5.74) is 2.42. The molecule has 29 heavy (non-hydrogen) atoms. The maximum atomic E-state index is 13.3. The molecule has 0 atom stereocenters. The topological polar surface area (TPSA) is 64.4 Å². The van der Waals surface area contributed by atoms with Crippen LogP contribution < -0.4 is 10.4 Å². The van der Waals surface area contributed by atoms with E-state index in [-0.39, 0.29) is 23.6 Å². The van der Waals surface area contributed by atoms with E-state index in [1.54, 1.807) is 24.4 Å². The highest BCUT2D eigenvalue weighted by Crippen LogP contribution is 2.32. The molecule has 4 aromatic rings. The second-order valence-electron chi connectivity index (χ2n) is 6.66. The molecular formula is C24H20N2O3. The van der Waals surface area contributed by atoms with Gasteiger partial charge in [-0.1, -0.05) is 66.7 Å². The zero-order valence-electron chi connectivity index (χ0n) is 15.8. The van der Waals surface area contributed by atoms with E-state index >= 15 is 0 Å². The lowest BCUT2D eigenvalue weighted by molar-refractivity contribution is 0.0980. The van der Waals surface area contributed by atoms with E-state index in [4.69, 9.17) is 4.84 Å². The minimum Gasteiger partial charge on any atom is -0.506 e. The van der Waals surface area contributed by atoms with Crippen molar-refractivity contribution in [2.75, 3.05) is 0 Å². The number of fused-ring (bicyclic) bond motifs is 1. The number of nitrogens with zero attached hydrogens (tertiary/aromatic N) is 2. The van der Waals surface area contributed by atoms with Crippen molar-refractivity contribution in [2.45, 2.75) is 13.0 Å². The Morgan fingerprint density at radius 1 is 1.03 bits per heavy atom. The molecule has 0 radical (unpaired) electrons. The largest absolute Gasteiger partial charge is 0.506 e. The van der Waals surface area contributed by atoms with Gasteiger partial charge in [-0.15, -0.1) is 11.3 Å². The first-order valence-corrected chi connectivity index (χ1v) is 9.29. The maximum Gasteiger partial charge on any atom is 0.296 e. The molecule has 0 aliphatic heterocycles. The third-order valence-corrected chi connectivity index (χ3v) is 4.65. The van der Waals surface area contributed by atoms with E-state index < -0.39 is 5.56 Å². The Hall–Kier alpha value is -3.86. The average molecular weight is 384 g/mol. The van der Waals surface area contributed by atoms with E-state index in [1.165, 1.54) is 4.73 Å². The van der Waals surface area contributed by atoms with E-state index in [0.29, 0.717) is 17.4 Å². The molecular weight excluding hydrogens is 364 g/mol. The summed E-state index contributed by atoms with van der Waals surface area (Å²) in [4.78, 5) is 23.5. The molecule has 5 nitrogen and oxygen atoms in total. The van der Waals surface area contributed by atoms with Crippen LogP contribution in [-0.2, 0) is 13.0 Å². The number of aromatic hydroxyl groups is 1. The van der Waals surface area contributed by atoms with E-state index in [1.807, 2.05) is 54.6 Å². The van der Waals surface area contributed by atoms with Gasteiger partial charge < -0.3 is 9.94 Å². The smallest absolute Gasteiger partial charge is 0.296 e. The van der Waals surface area contributed by atoms with Crippen LogP contribution in [0.15, 0.2) is 90.4 Å². The van der Waals surface area contributed by atoms with Gasteiger partial charge in [0.2, 0.25) is 0 Å². The fraction of sp³-hybridized carbons (Fsp3) is 0.0833. The van der Waals surface area contributed by atoms with Crippen molar-refractivity contribution >= 4 is 11.0 Å². The molecule has 2 aromatic carbocycles. The monoisotopic (exact) mass is 384 g/mol. The quantitative estimate of drug-likeness (QED) is 0.508. The first kappa shape index (κ1) is 18.5. The minimum absolute atomic E-state index is 0.103. The maximum absolute atomic E-state index is 13.3. The third-order valence-electron chi connectivity index (χ3n) is 4.65. The van der Waals surface area contributed by atoms with Crippen LogP contribution >= 0.6 is 0 Å². The number of hydrogen-bond donors (Lipinski definition) is 1. The number of hydrogen-bond acceptors (Lipinski definition) is 4. The van der Waals surface area contributed by atoms with Crippen molar-refractivity contribution in [3.63, 3.8) is 0 Å². The molecule has 0 amide bonds. The van der Waals surface area contributed by atoms with Crippen LogP contribution in [0.1, 0.15) is 11.1 Å². The molecule has 0 fully saturated rings. The molecule has 0 saturated heterocycles. The molecule has 5 heteroatoms. The first-order valence-electron chi connectivity index (χ1n) is 9.29. The molecule has 0 saturated carbocycles. The third kappa shape index (κ3) is 3.62. The highest BCUT2D eigenvalue weighted by molar-refractivity contribution is 5.90. The van der Waals surface area contributed by atoms with Gasteiger partial charge in [0.05, 0.1) is 10.9 Å². The van der Waals surface area contributed by atoms with E-state index in [2.05, 4.69) is 11.6 Å². The van der Waals surface area contributed by atoms with Crippen molar-refractivity contribution in [3.8, 4) is 16.9 Å². The van der Waals surface area contributed by atoms with Crippen LogP contribution in [0.4, 0.5) is 0 Å². The molecule has 2 heterocycles. The zero-order valence-corrected chi connectivity index (χ0v) is 15.8. The number of rotatable bonds is 6. The summed E-state index contributed by atoms with van der Waals surface area (Å²) >= 11 is 0. The minimum atomic E-state index is -0.457. The summed E-state index contributed by atoms with van der Waals surface area (Å²) in [6, 6.07) is 20.4. The number of allylic oxidation sites excluding steroid dienone is 1. The zero-order chi connectivity index (χ0) is 20.2. The molecule has 0 spiro atoms. The summed E-state index contributed by atoms with van der Waals surface area (Å²) in [7, 11) is 0. The van der Waals surface area contributed by atoms with Gasteiger partial charge in [0, 0.05) is 6.20 Å². The van der Waals surface area contributed by atoms with Gasteiger partial charge in [-0.2, -0.15) is 0 Å². The number of aromatic nitrogens is 2. The van der Waals surface area contributed by atoms with Crippen molar-refractivity contribution in [1.82, 2.24) is 9.71 Å². The van der Waals surface area contributed by atoms with Crippen molar-refractivity contribution < 1.29 is 9.94 Å². The van der Waals surface area contributed by atoms with Crippen molar-refractivity contribution in [2.24, 2.45) is 0 Å². The molecule has 0 aliphatic rings. The Balaban J connectivity index is 1.92. The van der Waals surface area contributed by atoms with Crippen LogP contribution in [0.5, 0.6) is 5.75 Å². The van der Waals surface area contributed by atoms with E-state index in [0.717, 1.165) is 11.1 Å². The second kappa shape index (κ2) is 8.02. The van der Waals surface area contributed by atoms with Gasteiger partial charge >= 0.3 is 0 Å². The van der Waals surface area contributed by atoms with Crippen LogP contribution in [-0.4, -0.2) is 14.8 Å². The Labute approximate surface area is 168 Å². The Bertz CT molecular complexity index is 1220. The molecule has 0 bridgehead atoms. The van der Waals surface area contributed by atoms with Crippen LogP contribution in [0.25, 0.3) is 22.2 Å². The SMILES string of the molecule is C=CCc1cnc2c(c1)c(O)c(-c1ccccc1)c(=O)n2OCc1ccccc1. The highest BCUT2D eigenvalue weighted by atomic mass is 16.7. The van der Waals surface area contributed by atoms with Crippen molar-refractivity contribution in [1.29, 1.82) is 0 Å². The Kier molecular flexibility index (Phi) is 5.12. The van der Waals surface area contributed by atoms with Gasteiger partial charge in [-0.05, 0) is 29.2 Å². The lowest BCUT2D eigenvalue weighted by atomic mass is 10.0. The van der Waals surface area contributed by atoms with Crippen molar-refractivity contribution in [3.05, 3.63) is 107 Å². The van der Waals surface area contributed by atoms with Crippen LogP contribution in [0, 0.1) is 0 Å². The predicted molar refractivity (Wildman–Crippen MR) is 114 cm³/mol. The summed E-state index contributed by atoms with van der Waals surface area (Å²) in [5, 5.41) is 11.4. The lowest BCUT2D eigenvalue weighted by Gasteiger charge is -2.15.